The maximum absolute atomic E-state index is 5.96. The molecule has 1 aromatic carbocycles. The smallest absolute Gasteiger partial charge is 0.149 e. The molecule has 0 fully saturated rings. The Balaban J connectivity index is 2.15. The summed E-state index contributed by atoms with van der Waals surface area (Å²) < 4.78 is 1.98. The van der Waals surface area contributed by atoms with Crippen molar-refractivity contribution in [3.63, 3.8) is 0 Å². The fraction of sp³-hybridized carbons (Fsp3) is 0.250. The van der Waals surface area contributed by atoms with Gasteiger partial charge in [-0.1, -0.05) is 18.2 Å². The molecular formula is C12H13N3S. The SMILES string of the molecule is Nc1nn(-c2ccccc2)c2c1CCSC2. The number of hydrogen-bond acceptors (Lipinski definition) is 3. The van der Waals surface area contributed by atoms with Crippen LogP contribution < -0.4 is 5.73 Å². The van der Waals surface area contributed by atoms with Crippen molar-refractivity contribution >= 4 is 17.6 Å². The Morgan fingerprint density at radius 3 is 2.88 bits per heavy atom. The standard InChI is InChI=1S/C12H13N3S/c13-12-10-6-7-16-8-11(10)15(14-12)9-4-2-1-3-5-9/h1-5H,6-8H2,(H2,13,14). The summed E-state index contributed by atoms with van der Waals surface area (Å²) in [6.07, 6.45) is 1.04. The van der Waals surface area contributed by atoms with Crippen LogP contribution in [0.4, 0.5) is 5.82 Å². The van der Waals surface area contributed by atoms with Crippen LogP contribution in [0, 0.1) is 0 Å². The number of benzene rings is 1. The van der Waals surface area contributed by atoms with Crippen molar-refractivity contribution in [3.05, 3.63) is 41.6 Å². The fourth-order valence-corrected chi connectivity index (χ4v) is 3.03. The van der Waals surface area contributed by atoms with Crippen LogP contribution >= 0.6 is 11.8 Å². The molecule has 2 heterocycles. The molecule has 2 N–H and O–H groups in total. The minimum absolute atomic E-state index is 0.694. The molecule has 1 aliphatic heterocycles. The molecule has 0 unspecified atom stereocenters. The van der Waals surface area contributed by atoms with Gasteiger partial charge in [-0.3, -0.25) is 0 Å². The van der Waals surface area contributed by atoms with Gasteiger partial charge in [-0.05, 0) is 24.3 Å². The predicted molar refractivity (Wildman–Crippen MR) is 67.8 cm³/mol. The second kappa shape index (κ2) is 3.87. The molecule has 2 aromatic rings. The Bertz CT molecular complexity index is 504. The first-order valence-electron chi connectivity index (χ1n) is 5.35. The van der Waals surface area contributed by atoms with Crippen LogP contribution in [0.1, 0.15) is 11.3 Å². The maximum Gasteiger partial charge on any atom is 0.149 e. The zero-order valence-electron chi connectivity index (χ0n) is 8.89. The minimum Gasteiger partial charge on any atom is -0.382 e. The van der Waals surface area contributed by atoms with Crippen molar-refractivity contribution < 1.29 is 0 Å². The Morgan fingerprint density at radius 1 is 1.25 bits per heavy atom. The van der Waals surface area contributed by atoms with Crippen molar-refractivity contribution in [2.45, 2.75) is 12.2 Å². The molecular weight excluding hydrogens is 218 g/mol. The second-order valence-corrected chi connectivity index (χ2v) is 4.97. The molecule has 0 spiro atoms. The van der Waals surface area contributed by atoms with E-state index < -0.39 is 0 Å². The van der Waals surface area contributed by atoms with Gasteiger partial charge in [0.25, 0.3) is 0 Å². The van der Waals surface area contributed by atoms with Crippen molar-refractivity contribution in [1.82, 2.24) is 9.78 Å². The third-order valence-electron chi connectivity index (χ3n) is 2.86. The monoisotopic (exact) mass is 231 g/mol. The van der Waals surface area contributed by atoms with Crippen LogP contribution in [0.2, 0.25) is 0 Å². The average molecular weight is 231 g/mol. The van der Waals surface area contributed by atoms with E-state index in [4.69, 9.17) is 5.73 Å². The Kier molecular flexibility index (Phi) is 2.36. The lowest BCUT2D eigenvalue weighted by Crippen LogP contribution is -2.07. The van der Waals surface area contributed by atoms with Gasteiger partial charge in [0.05, 0.1) is 11.4 Å². The Hall–Kier alpha value is -1.42. The lowest BCUT2D eigenvalue weighted by molar-refractivity contribution is 0.838. The number of hydrogen-bond donors (Lipinski definition) is 1. The van der Waals surface area contributed by atoms with E-state index in [1.54, 1.807) is 0 Å². The number of nitrogens with zero attached hydrogens (tertiary/aromatic N) is 2. The Morgan fingerprint density at radius 2 is 2.06 bits per heavy atom. The van der Waals surface area contributed by atoms with Gasteiger partial charge < -0.3 is 5.73 Å². The molecule has 0 atom stereocenters. The third-order valence-corrected chi connectivity index (χ3v) is 3.83. The van der Waals surface area contributed by atoms with Crippen LogP contribution in [0.25, 0.3) is 5.69 Å². The average Bonchev–Trinajstić information content (AvgIpc) is 2.69. The van der Waals surface area contributed by atoms with Crippen molar-refractivity contribution in [1.29, 1.82) is 0 Å². The number of anilines is 1. The Labute approximate surface area is 98.6 Å². The van der Waals surface area contributed by atoms with E-state index in [0.29, 0.717) is 5.82 Å². The zero-order valence-corrected chi connectivity index (χ0v) is 9.70. The highest BCUT2D eigenvalue weighted by Gasteiger charge is 2.19. The van der Waals surface area contributed by atoms with Crippen molar-refractivity contribution in [3.8, 4) is 5.69 Å². The molecule has 0 radical (unpaired) electrons. The van der Waals surface area contributed by atoms with Crippen LogP contribution in [-0.2, 0) is 12.2 Å². The minimum atomic E-state index is 0.694. The van der Waals surface area contributed by atoms with E-state index in [0.717, 1.165) is 23.6 Å². The highest BCUT2D eigenvalue weighted by atomic mass is 32.2. The van der Waals surface area contributed by atoms with Crippen molar-refractivity contribution in [2.75, 3.05) is 11.5 Å². The van der Waals surface area contributed by atoms with Crippen LogP contribution in [-0.4, -0.2) is 15.5 Å². The lowest BCUT2D eigenvalue weighted by Gasteiger charge is -2.13. The summed E-state index contributed by atoms with van der Waals surface area (Å²) in [5.74, 6) is 2.85. The number of nitrogens with two attached hydrogens (primary N) is 1. The van der Waals surface area contributed by atoms with E-state index in [1.807, 2.05) is 34.6 Å². The van der Waals surface area contributed by atoms with Gasteiger partial charge >= 0.3 is 0 Å². The van der Waals surface area contributed by atoms with Gasteiger partial charge in [0, 0.05) is 11.3 Å². The first-order valence-corrected chi connectivity index (χ1v) is 6.51. The molecule has 4 heteroatoms. The molecule has 1 aliphatic rings. The number of nitrogen functional groups attached to an aromatic ring is 1. The normalized spacial score (nSPS) is 14.8. The van der Waals surface area contributed by atoms with E-state index in [1.165, 1.54) is 11.3 Å². The summed E-state index contributed by atoms with van der Waals surface area (Å²) >= 11 is 1.94. The zero-order chi connectivity index (χ0) is 11.0. The number of para-hydroxylation sites is 1. The molecule has 16 heavy (non-hydrogen) atoms. The van der Waals surface area contributed by atoms with Gasteiger partial charge in [0.2, 0.25) is 0 Å². The van der Waals surface area contributed by atoms with Gasteiger partial charge in [-0.25, -0.2) is 4.68 Å². The summed E-state index contributed by atoms with van der Waals surface area (Å²) in [6.45, 7) is 0. The summed E-state index contributed by atoms with van der Waals surface area (Å²) in [4.78, 5) is 0. The van der Waals surface area contributed by atoms with E-state index in [-0.39, 0.29) is 0 Å². The molecule has 0 bridgehead atoms. The van der Waals surface area contributed by atoms with E-state index in [9.17, 15) is 0 Å². The van der Waals surface area contributed by atoms with Crippen molar-refractivity contribution in [2.24, 2.45) is 0 Å². The van der Waals surface area contributed by atoms with Gasteiger partial charge in [-0.15, -0.1) is 0 Å². The van der Waals surface area contributed by atoms with E-state index >= 15 is 0 Å². The maximum atomic E-state index is 5.96. The molecule has 82 valence electrons. The number of aromatic nitrogens is 2. The van der Waals surface area contributed by atoms with Crippen LogP contribution in [0.3, 0.4) is 0 Å². The van der Waals surface area contributed by atoms with Gasteiger partial charge in [-0.2, -0.15) is 16.9 Å². The fourth-order valence-electron chi connectivity index (χ4n) is 2.05. The molecule has 1 aromatic heterocycles. The summed E-state index contributed by atoms with van der Waals surface area (Å²) in [7, 11) is 0. The number of rotatable bonds is 1. The highest BCUT2D eigenvalue weighted by Crippen LogP contribution is 2.30. The second-order valence-electron chi connectivity index (χ2n) is 3.86. The molecule has 0 saturated heterocycles. The van der Waals surface area contributed by atoms with Crippen LogP contribution in [0.15, 0.2) is 30.3 Å². The lowest BCUT2D eigenvalue weighted by atomic mass is 10.2. The summed E-state index contributed by atoms with van der Waals surface area (Å²) in [5, 5.41) is 4.44. The largest absolute Gasteiger partial charge is 0.382 e. The summed E-state index contributed by atoms with van der Waals surface area (Å²) in [6, 6.07) is 10.2. The molecule has 0 saturated carbocycles. The summed E-state index contributed by atoms with van der Waals surface area (Å²) in [5.41, 5.74) is 9.56. The molecule has 3 rings (SSSR count). The third kappa shape index (κ3) is 1.50. The quantitative estimate of drug-likeness (QED) is 0.818. The number of thioether (sulfide) groups is 1. The topological polar surface area (TPSA) is 43.8 Å². The first kappa shape index (κ1) is 9.78. The first-order chi connectivity index (χ1) is 7.86. The van der Waals surface area contributed by atoms with Gasteiger partial charge in [0.1, 0.15) is 5.82 Å². The molecule has 0 aliphatic carbocycles. The van der Waals surface area contributed by atoms with Gasteiger partial charge in [0.15, 0.2) is 0 Å². The van der Waals surface area contributed by atoms with Crippen LogP contribution in [0.5, 0.6) is 0 Å². The number of fused-ring (bicyclic) bond motifs is 1. The predicted octanol–water partition coefficient (Wildman–Crippen LogP) is 2.24. The molecule has 0 amide bonds. The molecule has 3 nitrogen and oxygen atoms in total. The highest BCUT2D eigenvalue weighted by molar-refractivity contribution is 7.98. The van der Waals surface area contributed by atoms with E-state index in [2.05, 4.69) is 17.2 Å².